The number of allylic oxidation sites excluding steroid dienone is 6. The Labute approximate surface area is 271 Å². The van der Waals surface area contributed by atoms with Gasteiger partial charge in [0.2, 0.25) is 0 Å². The molecule has 8 rings (SSSR count). The van der Waals surface area contributed by atoms with Gasteiger partial charge in [0.05, 0.1) is 0 Å². The van der Waals surface area contributed by atoms with Crippen molar-refractivity contribution in [2.24, 2.45) is 5.92 Å². The first-order valence-corrected chi connectivity index (χ1v) is 16.3. The van der Waals surface area contributed by atoms with Crippen molar-refractivity contribution < 1.29 is 0 Å². The Morgan fingerprint density at radius 1 is 0.457 bits per heavy atom. The average molecular weight is 589 g/mol. The van der Waals surface area contributed by atoms with Crippen molar-refractivity contribution in [1.82, 2.24) is 0 Å². The largest absolute Gasteiger partial charge is 0.0776 e. The van der Waals surface area contributed by atoms with Crippen molar-refractivity contribution in [2.75, 3.05) is 0 Å². The summed E-state index contributed by atoms with van der Waals surface area (Å²) in [5.41, 5.74) is 12.8. The van der Waals surface area contributed by atoms with E-state index in [-0.39, 0.29) is 0 Å². The van der Waals surface area contributed by atoms with E-state index in [2.05, 4.69) is 179 Å². The van der Waals surface area contributed by atoms with Gasteiger partial charge in [-0.2, -0.15) is 0 Å². The van der Waals surface area contributed by atoms with E-state index in [4.69, 9.17) is 0 Å². The third kappa shape index (κ3) is 4.78. The topological polar surface area (TPSA) is 0 Å². The first-order valence-electron chi connectivity index (χ1n) is 16.3. The summed E-state index contributed by atoms with van der Waals surface area (Å²) in [5, 5.41) is 7.64. The molecule has 7 aromatic carbocycles. The molecule has 1 unspecified atom stereocenters. The summed E-state index contributed by atoms with van der Waals surface area (Å²) in [4.78, 5) is 0. The standard InChI is InChI=1S/C46H36/c1-30-22-24-33(25-23-30)37-26-27-44(39-17-5-4-16-38(37)39)46-42-20-8-6-18-40(42)45(41-19-7-9-21-43(41)46)36-15-11-14-35(29-36)34-13-10-12-31(2)32(3)28-34/h4-29,31H,1-3H3. The van der Waals surface area contributed by atoms with E-state index in [1.54, 1.807) is 0 Å². The van der Waals surface area contributed by atoms with Gasteiger partial charge in [-0.05, 0) is 103 Å². The molecular weight excluding hydrogens is 553 g/mol. The van der Waals surface area contributed by atoms with E-state index in [1.807, 2.05) is 0 Å². The third-order valence-corrected chi connectivity index (χ3v) is 9.75. The van der Waals surface area contributed by atoms with Crippen molar-refractivity contribution in [2.45, 2.75) is 20.8 Å². The molecular formula is C46H36. The first kappa shape index (κ1) is 28.0. The smallest absolute Gasteiger partial charge is 0.00201 e. The molecule has 0 aliphatic heterocycles. The number of hydrogen-bond acceptors (Lipinski definition) is 0. The summed E-state index contributed by atoms with van der Waals surface area (Å²) < 4.78 is 0. The minimum Gasteiger partial charge on any atom is -0.0776 e. The van der Waals surface area contributed by atoms with E-state index in [9.17, 15) is 0 Å². The maximum atomic E-state index is 2.37. The Bertz CT molecular complexity index is 2320. The summed E-state index contributed by atoms with van der Waals surface area (Å²) in [6.45, 7) is 6.63. The van der Waals surface area contributed by atoms with Crippen LogP contribution in [0.2, 0.25) is 0 Å². The summed E-state index contributed by atoms with van der Waals surface area (Å²) in [7, 11) is 0. The van der Waals surface area contributed by atoms with Crippen LogP contribution in [0.25, 0.3) is 71.3 Å². The fraction of sp³-hybridized carbons (Fsp3) is 0.0870. The molecule has 0 spiro atoms. The summed E-state index contributed by atoms with van der Waals surface area (Å²) in [6, 6.07) is 49.5. The van der Waals surface area contributed by atoms with Crippen molar-refractivity contribution in [3.63, 3.8) is 0 Å². The van der Waals surface area contributed by atoms with Crippen LogP contribution >= 0.6 is 0 Å². The highest BCUT2D eigenvalue weighted by molar-refractivity contribution is 6.24. The fourth-order valence-electron chi connectivity index (χ4n) is 7.17. The SMILES string of the molecule is CC1=CC(c2cccc(-c3c4ccccc4c(-c4ccc(-c5ccc(C)cc5)c5ccccc45)c4ccccc34)c2)=CC=CC1C. The van der Waals surface area contributed by atoms with Crippen LogP contribution in [-0.2, 0) is 0 Å². The molecule has 220 valence electrons. The highest BCUT2D eigenvalue weighted by Gasteiger charge is 2.19. The van der Waals surface area contributed by atoms with Gasteiger partial charge in [-0.15, -0.1) is 0 Å². The van der Waals surface area contributed by atoms with Gasteiger partial charge in [-0.1, -0.05) is 170 Å². The van der Waals surface area contributed by atoms with Crippen LogP contribution < -0.4 is 0 Å². The second kappa shape index (κ2) is 11.5. The maximum Gasteiger partial charge on any atom is -0.00201 e. The molecule has 0 radical (unpaired) electrons. The molecule has 1 atom stereocenters. The molecule has 1 aliphatic rings. The molecule has 0 N–H and O–H groups in total. The van der Waals surface area contributed by atoms with Crippen LogP contribution in [0.3, 0.4) is 0 Å². The molecule has 46 heavy (non-hydrogen) atoms. The van der Waals surface area contributed by atoms with Gasteiger partial charge in [-0.25, -0.2) is 0 Å². The number of benzene rings is 7. The Morgan fingerprint density at radius 3 is 1.65 bits per heavy atom. The highest BCUT2D eigenvalue weighted by Crippen LogP contribution is 2.46. The Kier molecular flexibility index (Phi) is 7.00. The van der Waals surface area contributed by atoms with Crippen LogP contribution in [0.1, 0.15) is 25.0 Å². The maximum absolute atomic E-state index is 2.37. The van der Waals surface area contributed by atoms with Crippen LogP contribution in [0.5, 0.6) is 0 Å². The van der Waals surface area contributed by atoms with Gasteiger partial charge in [0.25, 0.3) is 0 Å². The summed E-state index contributed by atoms with van der Waals surface area (Å²) in [5.74, 6) is 0.444. The van der Waals surface area contributed by atoms with Gasteiger partial charge in [0, 0.05) is 0 Å². The lowest BCUT2D eigenvalue weighted by molar-refractivity contribution is 0.866. The quantitative estimate of drug-likeness (QED) is 0.179. The Balaban J connectivity index is 1.39. The van der Waals surface area contributed by atoms with Gasteiger partial charge in [0.15, 0.2) is 0 Å². The Morgan fingerprint density at radius 2 is 1.00 bits per heavy atom. The minimum atomic E-state index is 0.444. The number of aryl methyl sites for hydroxylation is 1. The molecule has 0 heteroatoms. The lowest BCUT2D eigenvalue weighted by Gasteiger charge is -2.20. The predicted molar refractivity (Wildman–Crippen MR) is 200 cm³/mol. The molecule has 0 heterocycles. The lowest BCUT2D eigenvalue weighted by atomic mass is 9.83. The van der Waals surface area contributed by atoms with E-state index >= 15 is 0 Å². The van der Waals surface area contributed by atoms with Gasteiger partial charge >= 0.3 is 0 Å². The molecule has 0 saturated heterocycles. The van der Waals surface area contributed by atoms with Crippen molar-refractivity contribution >= 4 is 37.9 Å². The van der Waals surface area contributed by atoms with Crippen LogP contribution in [0, 0.1) is 12.8 Å². The minimum absolute atomic E-state index is 0.444. The first-order chi connectivity index (χ1) is 22.6. The molecule has 0 fully saturated rings. The van der Waals surface area contributed by atoms with Crippen molar-refractivity contribution in [3.8, 4) is 33.4 Å². The zero-order chi connectivity index (χ0) is 31.2. The Hall–Kier alpha value is -5.46. The van der Waals surface area contributed by atoms with Gasteiger partial charge in [-0.3, -0.25) is 0 Å². The molecule has 0 nitrogen and oxygen atoms in total. The zero-order valence-corrected chi connectivity index (χ0v) is 26.6. The van der Waals surface area contributed by atoms with Crippen LogP contribution in [0.4, 0.5) is 0 Å². The zero-order valence-electron chi connectivity index (χ0n) is 26.6. The number of hydrogen-bond donors (Lipinski definition) is 0. The summed E-state index contributed by atoms with van der Waals surface area (Å²) in [6.07, 6.45) is 9.07. The van der Waals surface area contributed by atoms with E-state index in [1.165, 1.54) is 88.0 Å². The summed E-state index contributed by atoms with van der Waals surface area (Å²) >= 11 is 0. The van der Waals surface area contributed by atoms with Crippen LogP contribution in [-0.4, -0.2) is 0 Å². The molecule has 0 amide bonds. The normalized spacial score (nSPS) is 14.8. The van der Waals surface area contributed by atoms with Crippen molar-refractivity contribution in [3.05, 3.63) is 174 Å². The van der Waals surface area contributed by atoms with Gasteiger partial charge < -0.3 is 0 Å². The molecule has 0 aromatic heterocycles. The number of fused-ring (bicyclic) bond motifs is 3. The van der Waals surface area contributed by atoms with Crippen molar-refractivity contribution in [1.29, 1.82) is 0 Å². The van der Waals surface area contributed by atoms with E-state index in [0.717, 1.165) is 0 Å². The number of rotatable bonds is 4. The van der Waals surface area contributed by atoms with Gasteiger partial charge in [0.1, 0.15) is 0 Å². The molecule has 1 aliphatic carbocycles. The lowest BCUT2D eigenvalue weighted by Crippen LogP contribution is -1.93. The highest BCUT2D eigenvalue weighted by atomic mass is 14.2. The second-order valence-electron chi connectivity index (χ2n) is 12.7. The second-order valence-corrected chi connectivity index (χ2v) is 12.7. The van der Waals surface area contributed by atoms with Crippen LogP contribution in [0.15, 0.2) is 163 Å². The third-order valence-electron chi connectivity index (χ3n) is 9.75. The van der Waals surface area contributed by atoms with E-state index in [0.29, 0.717) is 5.92 Å². The molecule has 0 saturated carbocycles. The predicted octanol–water partition coefficient (Wildman–Crippen LogP) is 13.0. The van der Waals surface area contributed by atoms with E-state index < -0.39 is 0 Å². The molecule has 0 bridgehead atoms. The fourth-order valence-corrected chi connectivity index (χ4v) is 7.17. The molecule has 7 aromatic rings. The average Bonchev–Trinajstić information content (AvgIpc) is 3.27. The monoisotopic (exact) mass is 588 g/mol.